The third kappa shape index (κ3) is 2.59. The van der Waals surface area contributed by atoms with E-state index in [0.29, 0.717) is 23.2 Å². The van der Waals surface area contributed by atoms with Crippen LogP contribution in [0.5, 0.6) is 0 Å². The summed E-state index contributed by atoms with van der Waals surface area (Å²) in [5, 5.41) is 2.19. The zero-order chi connectivity index (χ0) is 20.3. The summed E-state index contributed by atoms with van der Waals surface area (Å²) >= 11 is 6.42. The van der Waals surface area contributed by atoms with Crippen molar-refractivity contribution in [3.8, 4) is 5.69 Å². The highest BCUT2D eigenvalue weighted by Crippen LogP contribution is 2.44. The number of nitrogens with zero attached hydrogens (tertiary/aromatic N) is 6. The Kier molecular flexibility index (Phi) is 4.29. The van der Waals surface area contributed by atoms with E-state index in [1.807, 2.05) is 28.6 Å². The van der Waals surface area contributed by atoms with Crippen LogP contribution in [0.15, 0.2) is 29.5 Å². The van der Waals surface area contributed by atoms with Crippen LogP contribution in [0.2, 0.25) is 5.02 Å². The first kappa shape index (κ1) is 18.4. The van der Waals surface area contributed by atoms with Gasteiger partial charge in [-0.15, -0.1) is 5.06 Å². The summed E-state index contributed by atoms with van der Waals surface area (Å²) in [7, 11) is 1.86. The van der Waals surface area contributed by atoms with Gasteiger partial charge in [-0.2, -0.15) is 0 Å². The van der Waals surface area contributed by atoms with Crippen LogP contribution in [-0.4, -0.2) is 63.0 Å². The molecule has 0 radical (unpaired) electrons. The summed E-state index contributed by atoms with van der Waals surface area (Å²) in [5.74, 6) is -0.0279. The van der Waals surface area contributed by atoms with E-state index < -0.39 is 0 Å². The Bertz CT molecular complexity index is 1010. The molecule has 0 bridgehead atoms. The molecule has 2 atom stereocenters. The molecule has 1 unspecified atom stereocenters. The van der Waals surface area contributed by atoms with Crippen molar-refractivity contribution in [3.63, 3.8) is 0 Å². The van der Waals surface area contributed by atoms with Crippen LogP contribution in [0, 0.1) is 0 Å². The van der Waals surface area contributed by atoms with Crippen molar-refractivity contribution in [2.75, 3.05) is 26.7 Å². The molecule has 4 heterocycles. The Labute approximate surface area is 174 Å². The first-order valence-corrected chi connectivity index (χ1v) is 10.3. The zero-order valence-corrected chi connectivity index (χ0v) is 17.4. The second-order valence-electron chi connectivity index (χ2n) is 7.42. The standard InChI is InChI=1S/C20H23ClN6O2/c1-4-25(5-2)20-23-18(24(3)29-20)16-17-14-9-10-26(14)19(28)15-12(21)7-6-8-13(15)27(17)11-22-16/h6-8,11,14,18H,4-5,9-10H2,1-3H3/t14-,18?/m0/s1. The molecule has 5 rings (SSSR count). The SMILES string of the molecule is CCN(CC)C1=NC(c2ncn3c2[C@@H]2CCN2C(=O)c2c(Cl)cccc2-3)N(C)O1. The summed E-state index contributed by atoms with van der Waals surface area (Å²) in [5.41, 5.74) is 3.09. The lowest BCUT2D eigenvalue weighted by Gasteiger charge is -2.40. The van der Waals surface area contributed by atoms with Gasteiger partial charge in [0.25, 0.3) is 5.91 Å². The third-order valence-electron chi connectivity index (χ3n) is 5.98. The van der Waals surface area contributed by atoms with E-state index in [-0.39, 0.29) is 18.1 Å². The predicted octanol–water partition coefficient (Wildman–Crippen LogP) is 3.00. The summed E-state index contributed by atoms with van der Waals surface area (Å²) in [4.78, 5) is 32.5. The number of hydroxylamine groups is 2. The van der Waals surface area contributed by atoms with Gasteiger partial charge in [0.2, 0.25) is 0 Å². The van der Waals surface area contributed by atoms with Gasteiger partial charge in [-0.3, -0.25) is 9.36 Å². The minimum atomic E-state index is -0.361. The fourth-order valence-electron chi connectivity index (χ4n) is 4.33. The maximum atomic E-state index is 13.1. The molecule has 152 valence electrons. The summed E-state index contributed by atoms with van der Waals surface area (Å²) in [6.45, 7) is 6.49. The summed E-state index contributed by atoms with van der Waals surface area (Å²) < 4.78 is 2.00. The maximum Gasteiger partial charge on any atom is 0.309 e. The number of benzene rings is 1. The lowest BCUT2D eigenvalue weighted by atomic mass is 9.97. The molecule has 1 fully saturated rings. The van der Waals surface area contributed by atoms with Gasteiger partial charge in [0, 0.05) is 26.7 Å². The molecule has 0 saturated carbocycles. The number of amides is 1. The Morgan fingerprint density at radius 3 is 2.79 bits per heavy atom. The fraction of sp³-hybridized carbons (Fsp3) is 0.450. The molecule has 0 N–H and O–H groups in total. The van der Waals surface area contributed by atoms with Crippen molar-refractivity contribution in [1.82, 2.24) is 24.4 Å². The fourth-order valence-corrected chi connectivity index (χ4v) is 4.58. The lowest BCUT2D eigenvalue weighted by molar-refractivity contribution is -0.0698. The molecule has 1 aromatic carbocycles. The van der Waals surface area contributed by atoms with Gasteiger partial charge in [0.1, 0.15) is 5.69 Å². The van der Waals surface area contributed by atoms with Crippen molar-refractivity contribution in [1.29, 1.82) is 0 Å². The Balaban J connectivity index is 1.65. The molecule has 0 spiro atoms. The number of aromatic nitrogens is 2. The van der Waals surface area contributed by atoms with E-state index in [0.717, 1.165) is 36.6 Å². The van der Waals surface area contributed by atoms with Crippen LogP contribution >= 0.6 is 11.6 Å². The third-order valence-corrected chi connectivity index (χ3v) is 6.29. The normalized spacial score (nSPS) is 22.8. The summed E-state index contributed by atoms with van der Waals surface area (Å²) in [6.07, 6.45) is 2.30. The minimum absolute atomic E-state index is 0.0279. The molecule has 3 aliphatic rings. The van der Waals surface area contributed by atoms with Gasteiger partial charge in [0.15, 0.2) is 6.17 Å². The molecule has 2 aromatic rings. The number of imidazole rings is 1. The van der Waals surface area contributed by atoms with Crippen molar-refractivity contribution < 1.29 is 9.63 Å². The molecule has 1 amide bonds. The first-order chi connectivity index (χ1) is 14.0. The van der Waals surface area contributed by atoms with Gasteiger partial charge < -0.3 is 14.6 Å². The van der Waals surface area contributed by atoms with E-state index >= 15 is 0 Å². The minimum Gasteiger partial charge on any atom is -0.366 e. The number of aliphatic imine (C=N–C) groups is 1. The first-order valence-electron chi connectivity index (χ1n) is 9.95. The number of fused-ring (bicyclic) bond motifs is 5. The molecule has 9 heteroatoms. The number of hydrogen-bond acceptors (Lipinski definition) is 6. The zero-order valence-electron chi connectivity index (χ0n) is 16.7. The molecule has 3 aliphatic heterocycles. The Morgan fingerprint density at radius 1 is 1.31 bits per heavy atom. The number of carbonyl (C=O) groups excluding carboxylic acids is 1. The lowest BCUT2D eigenvalue weighted by Crippen LogP contribution is -2.45. The predicted molar refractivity (Wildman–Crippen MR) is 109 cm³/mol. The van der Waals surface area contributed by atoms with E-state index in [2.05, 4.69) is 18.7 Å². The Hall–Kier alpha value is -2.58. The van der Waals surface area contributed by atoms with Crippen LogP contribution in [0.25, 0.3) is 5.69 Å². The molecule has 1 aromatic heterocycles. The number of halogens is 1. The quantitative estimate of drug-likeness (QED) is 0.772. The second kappa shape index (κ2) is 6.74. The average molecular weight is 415 g/mol. The number of hydrogen-bond donors (Lipinski definition) is 0. The van der Waals surface area contributed by atoms with Crippen molar-refractivity contribution in [2.45, 2.75) is 32.5 Å². The highest BCUT2D eigenvalue weighted by molar-refractivity contribution is 6.34. The highest BCUT2D eigenvalue weighted by Gasteiger charge is 2.44. The topological polar surface area (TPSA) is 66.2 Å². The molecular weight excluding hydrogens is 392 g/mol. The van der Waals surface area contributed by atoms with Gasteiger partial charge >= 0.3 is 6.02 Å². The number of carbonyl (C=O) groups is 1. The van der Waals surface area contributed by atoms with Crippen molar-refractivity contribution in [3.05, 3.63) is 46.5 Å². The van der Waals surface area contributed by atoms with Gasteiger partial charge in [-0.25, -0.2) is 9.98 Å². The molecule has 8 nitrogen and oxygen atoms in total. The molecule has 1 saturated heterocycles. The number of rotatable bonds is 3. The van der Waals surface area contributed by atoms with Crippen LogP contribution in [0.4, 0.5) is 0 Å². The average Bonchev–Trinajstić information content (AvgIpc) is 3.23. The van der Waals surface area contributed by atoms with Gasteiger partial charge in [0.05, 0.1) is 34.3 Å². The highest BCUT2D eigenvalue weighted by atomic mass is 35.5. The second-order valence-corrected chi connectivity index (χ2v) is 7.82. The maximum absolute atomic E-state index is 13.1. The van der Waals surface area contributed by atoms with E-state index in [9.17, 15) is 4.79 Å². The van der Waals surface area contributed by atoms with E-state index in [4.69, 9.17) is 26.4 Å². The van der Waals surface area contributed by atoms with Crippen LogP contribution in [0.3, 0.4) is 0 Å². The smallest absolute Gasteiger partial charge is 0.309 e. The van der Waals surface area contributed by atoms with Gasteiger partial charge in [-0.1, -0.05) is 17.7 Å². The van der Waals surface area contributed by atoms with E-state index in [1.54, 1.807) is 17.5 Å². The van der Waals surface area contributed by atoms with Crippen LogP contribution < -0.4 is 0 Å². The van der Waals surface area contributed by atoms with Crippen LogP contribution in [0.1, 0.15) is 54.2 Å². The Morgan fingerprint density at radius 2 is 2.10 bits per heavy atom. The van der Waals surface area contributed by atoms with Gasteiger partial charge in [-0.05, 0) is 32.4 Å². The van der Waals surface area contributed by atoms with Crippen LogP contribution in [-0.2, 0) is 4.84 Å². The van der Waals surface area contributed by atoms with Crippen molar-refractivity contribution >= 4 is 23.5 Å². The molecular formula is C20H23ClN6O2. The monoisotopic (exact) mass is 414 g/mol. The molecule has 29 heavy (non-hydrogen) atoms. The van der Waals surface area contributed by atoms with E-state index in [1.165, 1.54) is 0 Å². The van der Waals surface area contributed by atoms with Crippen molar-refractivity contribution in [2.24, 2.45) is 4.99 Å². The largest absolute Gasteiger partial charge is 0.366 e. The molecule has 0 aliphatic carbocycles. The number of amidine groups is 1. The summed E-state index contributed by atoms with van der Waals surface area (Å²) in [6, 6.07) is 6.10.